The molecule has 1 atom stereocenters. The molecule has 0 radical (unpaired) electrons. The first-order chi connectivity index (χ1) is 11.0. The summed E-state index contributed by atoms with van der Waals surface area (Å²) in [5.41, 5.74) is 1.67. The average Bonchev–Trinajstić information content (AvgIpc) is 2.55. The molecule has 6 heteroatoms. The van der Waals surface area contributed by atoms with E-state index in [9.17, 15) is 9.59 Å². The average molecular weight is 320 g/mol. The number of ether oxygens (including phenoxy) is 2. The fraction of sp³-hybridized carbons (Fsp3) is 0.529. The van der Waals surface area contributed by atoms with Crippen LogP contribution in [0.15, 0.2) is 18.2 Å². The molecule has 1 aliphatic heterocycles. The number of rotatable bonds is 4. The number of amides is 2. The van der Waals surface area contributed by atoms with Gasteiger partial charge in [0.05, 0.1) is 25.3 Å². The van der Waals surface area contributed by atoms with Crippen molar-refractivity contribution in [2.75, 3.05) is 32.1 Å². The van der Waals surface area contributed by atoms with Gasteiger partial charge in [-0.15, -0.1) is 0 Å². The highest BCUT2D eigenvalue weighted by molar-refractivity contribution is 5.91. The molecule has 2 amide bonds. The van der Waals surface area contributed by atoms with Crippen molar-refractivity contribution in [1.82, 2.24) is 4.90 Å². The van der Waals surface area contributed by atoms with Gasteiger partial charge in [0.1, 0.15) is 5.75 Å². The number of urea groups is 1. The van der Waals surface area contributed by atoms with Crippen LogP contribution in [0.4, 0.5) is 10.5 Å². The van der Waals surface area contributed by atoms with E-state index in [0.29, 0.717) is 31.1 Å². The van der Waals surface area contributed by atoms with Gasteiger partial charge < -0.3 is 19.7 Å². The van der Waals surface area contributed by atoms with Gasteiger partial charge in [0.2, 0.25) is 0 Å². The second-order valence-corrected chi connectivity index (χ2v) is 5.67. The molecule has 126 valence electrons. The largest absolute Gasteiger partial charge is 0.495 e. The van der Waals surface area contributed by atoms with Crippen molar-refractivity contribution in [2.24, 2.45) is 5.92 Å². The zero-order chi connectivity index (χ0) is 16.8. The molecule has 23 heavy (non-hydrogen) atoms. The summed E-state index contributed by atoms with van der Waals surface area (Å²) in [6, 6.07) is 5.39. The highest BCUT2D eigenvalue weighted by Gasteiger charge is 2.29. The Balaban J connectivity index is 2.03. The third-order valence-corrected chi connectivity index (χ3v) is 3.93. The fourth-order valence-corrected chi connectivity index (χ4v) is 2.73. The van der Waals surface area contributed by atoms with Crippen LogP contribution in [-0.2, 0) is 9.53 Å². The van der Waals surface area contributed by atoms with E-state index in [-0.39, 0.29) is 17.9 Å². The molecule has 2 rings (SSSR count). The zero-order valence-electron chi connectivity index (χ0n) is 13.9. The number of hydrogen-bond donors (Lipinski definition) is 1. The molecule has 6 nitrogen and oxygen atoms in total. The van der Waals surface area contributed by atoms with Crippen molar-refractivity contribution in [1.29, 1.82) is 0 Å². The monoisotopic (exact) mass is 320 g/mol. The maximum Gasteiger partial charge on any atom is 0.321 e. The van der Waals surface area contributed by atoms with E-state index in [0.717, 1.165) is 18.4 Å². The van der Waals surface area contributed by atoms with Crippen molar-refractivity contribution < 1.29 is 19.1 Å². The van der Waals surface area contributed by atoms with Crippen LogP contribution >= 0.6 is 0 Å². The fourth-order valence-electron chi connectivity index (χ4n) is 2.73. The first kappa shape index (κ1) is 17.1. The van der Waals surface area contributed by atoms with Crippen LogP contribution in [0.25, 0.3) is 0 Å². The Hall–Kier alpha value is -2.24. The first-order valence-electron chi connectivity index (χ1n) is 7.92. The summed E-state index contributed by atoms with van der Waals surface area (Å²) in [4.78, 5) is 26.0. The standard InChI is InChI=1S/C17H24N2O4/c1-4-23-16(20)13-6-5-9-19(11-13)17(21)18-14-10-12(2)7-8-15(14)22-3/h7-8,10,13H,4-6,9,11H2,1-3H3,(H,18,21). The van der Waals surface area contributed by atoms with E-state index in [1.807, 2.05) is 25.1 Å². The molecular weight excluding hydrogens is 296 g/mol. The molecule has 1 unspecified atom stereocenters. The lowest BCUT2D eigenvalue weighted by Gasteiger charge is -2.31. The topological polar surface area (TPSA) is 67.9 Å². The smallest absolute Gasteiger partial charge is 0.321 e. The number of nitrogens with zero attached hydrogens (tertiary/aromatic N) is 1. The molecule has 0 saturated carbocycles. The quantitative estimate of drug-likeness (QED) is 0.866. The van der Waals surface area contributed by atoms with E-state index >= 15 is 0 Å². The molecular formula is C17H24N2O4. The van der Waals surface area contributed by atoms with Crippen molar-refractivity contribution in [2.45, 2.75) is 26.7 Å². The van der Waals surface area contributed by atoms with Gasteiger partial charge in [0, 0.05) is 13.1 Å². The predicted octanol–water partition coefficient (Wildman–Crippen LogP) is 2.81. The van der Waals surface area contributed by atoms with E-state index in [1.165, 1.54) is 0 Å². The number of hydrogen-bond acceptors (Lipinski definition) is 4. The normalized spacial score (nSPS) is 17.5. The Bertz CT molecular complexity index is 574. The van der Waals surface area contributed by atoms with Crippen LogP contribution in [0.3, 0.4) is 0 Å². The highest BCUT2D eigenvalue weighted by Crippen LogP contribution is 2.26. The van der Waals surface area contributed by atoms with E-state index < -0.39 is 0 Å². The van der Waals surface area contributed by atoms with Crippen LogP contribution < -0.4 is 10.1 Å². The molecule has 0 aromatic heterocycles. The number of likely N-dealkylation sites (tertiary alicyclic amines) is 1. The molecule has 0 aliphatic carbocycles. The maximum atomic E-state index is 12.5. The minimum atomic E-state index is -0.242. The number of esters is 1. The molecule has 1 heterocycles. The van der Waals surface area contributed by atoms with Crippen molar-refractivity contribution in [3.63, 3.8) is 0 Å². The molecule has 1 aliphatic rings. The number of benzene rings is 1. The van der Waals surface area contributed by atoms with Gasteiger partial charge in [-0.1, -0.05) is 6.07 Å². The van der Waals surface area contributed by atoms with Crippen LogP contribution in [0.1, 0.15) is 25.3 Å². The molecule has 0 spiro atoms. The van der Waals surface area contributed by atoms with E-state index in [2.05, 4.69) is 5.32 Å². The predicted molar refractivity (Wildman–Crippen MR) is 87.7 cm³/mol. The van der Waals surface area contributed by atoms with Gasteiger partial charge in [-0.25, -0.2) is 4.79 Å². The lowest BCUT2D eigenvalue weighted by molar-refractivity contribution is -0.149. The number of methoxy groups -OCH3 is 1. The maximum absolute atomic E-state index is 12.5. The van der Waals surface area contributed by atoms with Crippen molar-refractivity contribution in [3.05, 3.63) is 23.8 Å². The van der Waals surface area contributed by atoms with Gasteiger partial charge in [-0.05, 0) is 44.4 Å². The zero-order valence-corrected chi connectivity index (χ0v) is 13.9. The highest BCUT2D eigenvalue weighted by atomic mass is 16.5. The Morgan fingerprint density at radius 3 is 2.87 bits per heavy atom. The Morgan fingerprint density at radius 1 is 1.39 bits per heavy atom. The van der Waals surface area contributed by atoms with E-state index in [1.54, 1.807) is 18.9 Å². The summed E-state index contributed by atoms with van der Waals surface area (Å²) in [6.45, 7) is 5.12. The van der Waals surface area contributed by atoms with Crippen LogP contribution in [0.2, 0.25) is 0 Å². The van der Waals surface area contributed by atoms with Crippen molar-refractivity contribution >= 4 is 17.7 Å². The minimum Gasteiger partial charge on any atom is -0.495 e. The van der Waals surface area contributed by atoms with Crippen molar-refractivity contribution in [3.8, 4) is 5.75 Å². The lowest BCUT2D eigenvalue weighted by atomic mass is 9.98. The summed E-state index contributed by atoms with van der Waals surface area (Å²) >= 11 is 0. The molecule has 1 saturated heterocycles. The third-order valence-electron chi connectivity index (χ3n) is 3.93. The summed E-state index contributed by atoms with van der Waals surface area (Å²) < 4.78 is 10.3. The summed E-state index contributed by atoms with van der Waals surface area (Å²) in [6.07, 6.45) is 1.55. The van der Waals surface area contributed by atoms with Gasteiger partial charge >= 0.3 is 12.0 Å². The summed E-state index contributed by atoms with van der Waals surface area (Å²) in [5.74, 6) is 0.148. The molecule has 1 N–H and O–H groups in total. The number of carbonyl (C=O) groups excluding carboxylic acids is 2. The summed E-state index contributed by atoms with van der Waals surface area (Å²) in [7, 11) is 1.57. The van der Waals surface area contributed by atoms with Crippen LogP contribution in [-0.4, -0.2) is 43.7 Å². The van der Waals surface area contributed by atoms with Crippen LogP contribution in [0.5, 0.6) is 5.75 Å². The lowest BCUT2D eigenvalue weighted by Crippen LogP contribution is -2.44. The Labute approximate surface area is 136 Å². The second-order valence-electron chi connectivity index (χ2n) is 5.67. The Kier molecular flexibility index (Phi) is 5.84. The Morgan fingerprint density at radius 2 is 2.17 bits per heavy atom. The number of anilines is 1. The summed E-state index contributed by atoms with van der Waals surface area (Å²) in [5, 5.41) is 2.87. The second kappa shape index (κ2) is 7.85. The number of aryl methyl sites for hydroxylation is 1. The SMILES string of the molecule is CCOC(=O)C1CCCN(C(=O)Nc2cc(C)ccc2OC)C1. The van der Waals surface area contributed by atoms with Gasteiger partial charge in [-0.2, -0.15) is 0 Å². The number of piperidine rings is 1. The number of carbonyl (C=O) groups is 2. The first-order valence-corrected chi connectivity index (χ1v) is 7.92. The van der Waals surface area contributed by atoms with E-state index in [4.69, 9.17) is 9.47 Å². The molecule has 1 aromatic rings. The molecule has 0 bridgehead atoms. The minimum absolute atomic E-state index is 0.220. The molecule has 1 fully saturated rings. The third kappa shape index (κ3) is 4.37. The van der Waals surface area contributed by atoms with Gasteiger partial charge in [0.15, 0.2) is 0 Å². The molecule has 1 aromatic carbocycles. The number of nitrogens with one attached hydrogen (secondary N) is 1. The van der Waals surface area contributed by atoms with Gasteiger partial charge in [0.25, 0.3) is 0 Å². The van der Waals surface area contributed by atoms with Gasteiger partial charge in [-0.3, -0.25) is 4.79 Å². The van der Waals surface area contributed by atoms with Crippen LogP contribution in [0, 0.1) is 12.8 Å².